The van der Waals surface area contributed by atoms with Gasteiger partial charge in [-0.05, 0) is 54.7 Å². The molecule has 0 aliphatic heterocycles. The summed E-state index contributed by atoms with van der Waals surface area (Å²) in [7, 11) is 0. The number of amides is 2. The summed E-state index contributed by atoms with van der Waals surface area (Å²) >= 11 is 0. The monoisotopic (exact) mass is 378 g/mol. The number of hydrogen-bond donors (Lipinski definition) is 2. The van der Waals surface area contributed by atoms with E-state index in [1.165, 1.54) is 13.0 Å². The van der Waals surface area contributed by atoms with E-state index in [2.05, 4.69) is 10.6 Å². The molecule has 0 heterocycles. The minimum Gasteiger partial charge on any atom is -0.427 e. The van der Waals surface area contributed by atoms with Crippen molar-refractivity contribution < 1.29 is 19.1 Å². The first kappa shape index (κ1) is 19.4. The average molecular weight is 378 g/mol. The van der Waals surface area contributed by atoms with Gasteiger partial charge >= 0.3 is 5.97 Å². The van der Waals surface area contributed by atoms with Crippen molar-refractivity contribution in [1.82, 2.24) is 5.32 Å². The van der Waals surface area contributed by atoms with Crippen LogP contribution in [-0.2, 0) is 16.1 Å². The number of para-hydroxylation sites is 1. The highest BCUT2D eigenvalue weighted by atomic mass is 16.5. The van der Waals surface area contributed by atoms with Crippen LogP contribution in [0.4, 0.5) is 5.69 Å². The van der Waals surface area contributed by atoms with Crippen LogP contribution < -0.4 is 15.4 Å². The zero-order chi connectivity index (χ0) is 19.9. The van der Waals surface area contributed by atoms with Crippen LogP contribution in [0.5, 0.6) is 5.75 Å². The SMILES string of the molecule is CC(=O)Oc1cccc(C(=O)NCc2ccccc2NC(=O)/C=C/C2CC2)c1. The Kier molecular flexibility index (Phi) is 6.22. The van der Waals surface area contributed by atoms with Gasteiger partial charge in [0.05, 0.1) is 0 Å². The topological polar surface area (TPSA) is 84.5 Å². The lowest BCUT2D eigenvalue weighted by atomic mass is 10.1. The molecule has 0 aromatic heterocycles. The maximum atomic E-state index is 12.4. The number of anilines is 1. The number of carbonyl (C=O) groups is 3. The van der Waals surface area contributed by atoms with Crippen molar-refractivity contribution in [2.24, 2.45) is 5.92 Å². The van der Waals surface area contributed by atoms with E-state index in [9.17, 15) is 14.4 Å². The van der Waals surface area contributed by atoms with Gasteiger partial charge in [0, 0.05) is 24.7 Å². The first-order valence-electron chi connectivity index (χ1n) is 9.15. The normalized spacial score (nSPS) is 13.2. The average Bonchev–Trinajstić information content (AvgIpc) is 3.49. The van der Waals surface area contributed by atoms with Gasteiger partial charge in [0.1, 0.15) is 5.75 Å². The van der Waals surface area contributed by atoms with E-state index >= 15 is 0 Å². The molecule has 2 aromatic rings. The van der Waals surface area contributed by atoms with Crippen LogP contribution >= 0.6 is 0 Å². The Morgan fingerprint density at radius 1 is 1.11 bits per heavy atom. The Morgan fingerprint density at radius 2 is 1.89 bits per heavy atom. The zero-order valence-electron chi connectivity index (χ0n) is 15.6. The van der Waals surface area contributed by atoms with Crippen molar-refractivity contribution in [3.05, 3.63) is 71.8 Å². The third-order valence-electron chi connectivity index (χ3n) is 4.21. The maximum Gasteiger partial charge on any atom is 0.308 e. The molecule has 2 N–H and O–H groups in total. The van der Waals surface area contributed by atoms with E-state index in [0.717, 1.165) is 18.4 Å². The van der Waals surface area contributed by atoms with Gasteiger partial charge in [-0.2, -0.15) is 0 Å². The molecule has 0 bridgehead atoms. The van der Waals surface area contributed by atoms with E-state index in [4.69, 9.17) is 4.74 Å². The molecular weight excluding hydrogens is 356 g/mol. The van der Waals surface area contributed by atoms with Crippen molar-refractivity contribution in [2.75, 3.05) is 5.32 Å². The fraction of sp³-hybridized carbons (Fsp3) is 0.227. The molecule has 6 heteroatoms. The lowest BCUT2D eigenvalue weighted by molar-refractivity contribution is -0.131. The molecule has 0 saturated heterocycles. The zero-order valence-corrected chi connectivity index (χ0v) is 15.6. The summed E-state index contributed by atoms with van der Waals surface area (Å²) < 4.78 is 5.00. The van der Waals surface area contributed by atoms with E-state index in [1.807, 2.05) is 24.3 Å². The molecule has 0 radical (unpaired) electrons. The molecule has 0 spiro atoms. The molecule has 144 valence electrons. The third-order valence-corrected chi connectivity index (χ3v) is 4.21. The van der Waals surface area contributed by atoms with E-state index in [1.54, 1.807) is 30.3 Å². The summed E-state index contributed by atoms with van der Waals surface area (Å²) in [6.07, 6.45) is 5.78. The Hall–Kier alpha value is -3.41. The highest BCUT2D eigenvalue weighted by molar-refractivity contribution is 6.00. The van der Waals surface area contributed by atoms with Crippen LogP contribution in [0.3, 0.4) is 0 Å². The number of benzene rings is 2. The quantitative estimate of drug-likeness (QED) is 0.439. The largest absolute Gasteiger partial charge is 0.427 e. The molecule has 2 aromatic carbocycles. The van der Waals surface area contributed by atoms with Crippen LogP contribution in [0.15, 0.2) is 60.7 Å². The fourth-order valence-electron chi connectivity index (χ4n) is 2.63. The Balaban J connectivity index is 1.61. The number of ether oxygens (including phenoxy) is 1. The summed E-state index contributed by atoms with van der Waals surface area (Å²) in [4.78, 5) is 35.5. The lowest BCUT2D eigenvalue weighted by Crippen LogP contribution is -2.23. The summed E-state index contributed by atoms with van der Waals surface area (Å²) in [6, 6.07) is 13.7. The van der Waals surface area contributed by atoms with Gasteiger partial charge in [0.25, 0.3) is 5.91 Å². The van der Waals surface area contributed by atoms with Crippen LogP contribution in [0.25, 0.3) is 0 Å². The van der Waals surface area contributed by atoms with Gasteiger partial charge in [0.2, 0.25) is 5.91 Å². The molecule has 0 unspecified atom stereocenters. The number of carbonyl (C=O) groups excluding carboxylic acids is 3. The van der Waals surface area contributed by atoms with Crippen LogP contribution in [-0.4, -0.2) is 17.8 Å². The first-order valence-corrected chi connectivity index (χ1v) is 9.15. The van der Waals surface area contributed by atoms with E-state index < -0.39 is 5.97 Å². The standard InChI is InChI=1S/C22H22N2O4/c1-15(25)28-19-7-4-6-17(13-19)22(27)23-14-18-5-2-3-8-20(18)24-21(26)12-11-16-9-10-16/h2-8,11-13,16H,9-10,14H2,1H3,(H,23,27)(H,24,26)/b12-11+. The van der Waals surface area contributed by atoms with Crippen molar-refractivity contribution >= 4 is 23.5 Å². The lowest BCUT2D eigenvalue weighted by Gasteiger charge is -2.11. The number of hydrogen-bond acceptors (Lipinski definition) is 4. The molecular formula is C22H22N2O4. The van der Waals surface area contributed by atoms with Crippen LogP contribution in [0, 0.1) is 5.92 Å². The molecule has 2 amide bonds. The van der Waals surface area contributed by atoms with Crippen LogP contribution in [0.2, 0.25) is 0 Å². The minimum atomic E-state index is -0.446. The summed E-state index contributed by atoms with van der Waals surface area (Å²) in [5.41, 5.74) is 1.83. The third kappa shape index (κ3) is 5.81. The highest BCUT2D eigenvalue weighted by Crippen LogP contribution is 2.30. The summed E-state index contributed by atoms with van der Waals surface area (Å²) in [5, 5.41) is 5.67. The smallest absolute Gasteiger partial charge is 0.308 e. The van der Waals surface area contributed by atoms with Gasteiger partial charge in [-0.15, -0.1) is 0 Å². The fourth-order valence-corrected chi connectivity index (χ4v) is 2.63. The molecule has 3 rings (SSSR count). The second kappa shape index (κ2) is 8.99. The van der Waals surface area contributed by atoms with Crippen molar-refractivity contribution in [3.63, 3.8) is 0 Å². The maximum absolute atomic E-state index is 12.4. The molecule has 6 nitrogen and oxygen atoms in total. The van der Waals surface area contributed by atoms with E-state index in [-0.39, 0.29) is 18.4 Å². The molecule has 0 atom stereocenters. The van der Waals surface area contributed by atoms with Gasteiger partial charge in [0.15, 0.2) is 0 Å². The van der Waals surface area contributed by atoms with Crippen LogP contribution in [0.1, 0.15) is 35.7 Å². The first-order chi connectivity index (χ1) is 13.5. The number of esters is 1. The Labute approximate surface area is 163 Å². The molecule has 1 aliphatic rings. The molecule has 1 saturated carbocycles. The van der Waals surface area contributed by atoms with Crippen molar-refractivity contribution in [3.8, 4) is 5.75 Å². The second-order valence-electron chi connectivity index (χ2n) is 6.65. The van der Waals surface area contributed by atoms with Crippen molar-refractivity contribution in [2.45, 2.75) is 26.3 Å². The summed E-state index contributed by atoms with van der Waals surface area (Å²) in [6.45, 7) is 1.55. The molecule has 28 heavy (non-hydrogen) atoms. The predicted octanol–water partition coefficient (Wildman–Crippen LogP) is 3.45. The van der Waals surface area contributed by atoms with Gasteiger partial charge in [-0.25, -0.2) is 0 Å². The van der Waals surface area contributed by atoms with E-state index in [0.29, 0.717) is 22.9 Å². The summed E-state index contributed by atoms with van der Waals surface area (Å²) in [5.74, 6) is -0.0835. The predicted molar refractivity (Wildman–Crippen MR) is 106 cm³/mol. The number of allylic oxidation sites excluding steroid dienone is 1. The highest BCUT2D eigenvalue weighted by Gasteiger charge is 2.17. The van der Waals surface area contributed by atoms with Gasteiger partial charge < -0.3 is 15.4 Å². The number of nitrogens with one attached hydrogen (secondary N) is 2. The van der Waals surface area contributed by atoms with Gasteiger partial charge in [-0.1, -0.05) is 30.3 Å². The Morgan fingerprint density at radius 3 is 2.64 bits per heavy atom. The number of rotatable bonds is 7. The van der Waals surface area contributed by atoms with Crippen molar-refractivity contribution in [1.29, 1.82) is 0 Å². The van der Waals surface area contributed by atoms with Gasteiger partial charge in [-0.3, -0.25) is 14.4 Å². The minimum absolute atomic E-state index is 0.181. The second-order valence-corrected chi connectivity index (χ2v) is 6.65. The molecule has 1 aliphatic carbocycles. The molecule has 1 fully saturated rings. The Bertz CT molecular complexity index is 916.